The van der Waals surface area contributed by atoms with Gasteiger partial charge in [0, 0.05) is 4.91 Å². The van der Waals surface area contributed by atoms with Gasteiger partial charge in [-0.1, -0.05) is 230 Å². The van der Waals surface area contributed by atoms with Crippen molar-refractivity contribution in [3.8, 4) is 5.75 Å². The molecule has 0 bridgehead atoms. The van der Waals surface area contributed by atoms with E-state index in [1.807, 2.05) is 237 Å². The van der Waals surface area contributed by atoms with Crippen LogP contribution in [0.2, 0.25) is 0 Å². The Morgan fingerprint density at radius 3 is 0.964 bits per heavy atom. The molecule has 1 aliphatic heterocycles. The van der Waals surface area contributed by atoms with Crippen molar-refractivity contribution in [1.29, 1.82) is 0 Å². The number of methoxy groups -OCH3 is 1. The Morgan fingerprint density at radius 2 is 0.639 bits per heavy atom. The van der Waals surface area contributed by atoms with E-state index in [1.54, 1.807) is 7.11 Å². The minimum absolute atomic E-state index is 0.0550. The summed E-state index contributed by atoms with van der Waals surface area (Å²) in [6.45, 7) is 1.56. The van der Waals surface area contributed by atoms with E-state index < -0.39 is 67.3 Å². The second-order valence-electron chi connectivity index (χ2n) is 20.5. The van der Waals surface area contributed by atoms with Crippen molar-refractivity contribution >= 4 is 0 Å². The van der Waals surface area contributed by atoms with Gasteiger partial charge in [-0.25, -0.2) is 0 Å². The number of ether oxygens (including phenoxy) is 11. The van der Waals surface area contributed by atoms with Crippen molar-refractivity contribution in [1.82, 2.24) is 0 Å². The summed E-state index contributed by atoms with van der Waals surface area (Å²) in [7, 11) is 1.64. The van der Waals surface area contributed by atoms with E-state index in [-0.39, 0.29) is 59.5 Å². The second kappa shape index (κ2) is 31.2. The lowest BCUT2D eigenvalue weighted by atomic mass is 9.83. The molecule has 1 saturated carbocycles. The van der Waals surface area contributed by atoms with Gasteiger partial charge in [0.15, 0.2) is 6.29 Å². The van der Waals surface area contributed by atoms with Crippen LogP contribution in [0, 0.1) is 0 Å². The molecule has 2 fully saturated rings. The predicted octanol–water partition coefficient (Wildman–Crippen LogP) is 13.1. The van der Waals surface area contributed by atoms with Crippen LogP contribution in [-0.4, -0.2) is 81.0 Å². The zero-order valence-corrected chi connectivity index (χ0v) is 46.6. The molecule has 1 saturated heterocycles. The lowest BCUT2D eigenvalue weighted by molar-refractivity contribution is -0.343. The molecule has 14 nitrogen and oxygen atoms in total. The maximum Gasteiger partial charge on any atom is 0.169 e. The summed E-state index contributed by atoms with van der Waals surface area (Å²) in [5.74, 6) is 0.704. The van der Waals surface area contributed by atoms with Gasteiger partial charge in [0.1, 0.15) is 66.7 Å². The fourth-order valence-corrected chi connectivity index (χ4v) is 10.5. The number of rotatable bonds is 29. The molecular formula is C69H71N3O11. The van der Waals surface area contributed by atoms with Crippen LogP contribution in [0.25, 0.3) is 10.4 Å². The lowest BCUT2D eigenvalue weighted by Gasteiger charge is -2.52. The molecule has 0 amide bonds. The molecule has 1 heterocycles. The minimum Gasteiger partial charge on any atom is -0.497 e. The smallest absolute Gasteiger partial charge is 0.169 e. The van der Waals surface area contributed by atoms with Gasteiger partial charge in [0.05, 0.1) is 66.6 Å². The molecule has 428 valence electrons. The molecule has 0 aromatic heterocycles. The van der Waals surface area contributed by atoms with E-state index in [9.17, 15) is 5.53 Å². The van der Waals surface area contributed by atoms with E-state index >= 15 is 0 Å². The summed E-state index contributed by atoms with van der Waals surface area (Å²) in [5, 5.41) is 4.52. The molecular weight excluding hydrogens is 1050 g/mol. The van der Waals surface area contributed by atoms with E-state index in [1.165, 1.54) is 0 Å². The highest BCUT2D eigenvalue weighted by Gasteiger charge is 2.58. The number of hydrogen-bond acceptors (Lipinski definition) is 12. The van der Waals surface area contributed by atoms with Crippen LogP contribution in [0.5, 0.6) is 5.75 Å². The van der Waals surface area contributed by atoms with Gasteiger partial charge < -0.3 is 52.1 Å². The quantitative estimate of drug-likeness (QED) is 0.0250. The van der Waals surface area contributed by atoms with Crippen LogP contribution in [0.15, 0.2) is 242 Å². The summed E-state index contributed by atoms with van der Waals surface area (Å²) in [6, 6.07) is 76.1. The number of hydrogen-bond donors (Lipinski definition) is 0. The van der Waals surface area contributed by atoms with Crippen LogP contribution >= 0.6 is 0 Å². The van der Waals surface area contributed by atoms with Crippen molar-refractivity contribution in [3.63, 3.8) is 0 Å². The first-order valence-corrected chi connectivity index (χ1v) is 28.2. The topological polar surface area (TPSA) is 150 Å². The standard InChI is InChI=1S/C69H71N3O11/c1-73-58-39-37-57(38-40-58)48-81-67-65(79-46-55-33-19-7-20-34-55)63(77-44-53-29-15-5-16-30-53)64(78-45-54-31-17-6-18-32-54)66(80-47-56-35-21-8-22-36-56)68(67)83-69-60(71-72-70)62(76-43-52-27-13-4-14-28-52)61(75-42-51-25-11-3-12-26-51)59(82-69)49-74-41-50-23-9-2-10-24-50/h2-40,59-69H,41-49H2,1H3/t59-,60-,61-,62-,63-,64-,65-,66+,67-,68-,69+/m1/s1. The third kappa shape index (κ3) is 16.8. The van der Waals surface area contributed by atoms with E-state index in [0.29, 0.717) is 5.75 Å². The number of azide groups is 1. The van der Waals surface area contributed by atoms with Gasteiger partial charge in [-0.2, -0.15) is 0 Å². The average molecular weight is 1120 g/mol. The highest BCUT2D eigenvalue weighted by Crippen LogP contribution is 2.40. The third-order valence-electron chi connectivity index (χ3n) is 14.7. The normalized spacial score (nSPS) is 23.2. The first-order chi connectivity index (χ1) is 41.1. The van der Waals surface area contributed by atoms with Crippen molar-refractivity contribution < 1.29 is 52.1 Å². The highest BCUT2D eigenvalue weighted by atomic mass is 16.7. The lowest BCUT2D eigenvalue weighted by Crippen LogP contribution is -2.69. The second-order valence-corrected chi connectivity index (χ2v) is 20.5. The summed E-state index contributed by atoms with van der Waals surface area (Å²) >= 11 is 0. The molecule has 14 heteroatoms. The minimum atomic E-state index is -1.32. The van der Waals surface area contributed by atoms with Crippen LogP contribution in [0.3, 0.4) is 0 Å². The van der Waals surface area contributed by atoms with Crippen molar-refractivity contribution in [2.24, 2.45) is 5.11 Å². The van der Waals surface area contributed by atoms with Gasteiger partial charge in [-0.15, -0.1) is 0 Å². The monoisotopic (exact) mass is 1120 g/mol. The summed E-state index contributed by atoms with van der Waals surface area (Å²) in [4.78, 5) is 3.47. The SMILES string of the molecule is COc1ccc(CO[C@@H]2[C@H](OCc3ccccc3)[C@H](OCc3ccccc3)[C@@H](OCc3ccccc3)[C@H](OCc3ccccc3)[C@H]2O[C@@H]2O[C@H](COCc3ccccc3)[C@@H](OCc3ccccc3)[C@H](OCc3ccccc3)[C@H]2N=[N+]=[N-])cc1. The fourth-order valence-electron chi connectivity index (χ4n) is 10.5. The maximum absolute atomic E-state index is 10.7. The third-order valence-corrected chi connectivity index (χ3v) is 14.7. The van der Waals surface area contributed by atoms with Crippen LogP contribution in [0.1, 0.15) is 44.5 Å². The van der Waals surface area contributed by atoms with Crippen LogP contribution in [0.4, 0.5) is 0 Å². The maximum atomic E-state index is 10.7. The van der Waals surface area contributed by atoms with E-state index in [2.05, 4.69) is 10.0 Å². The molecule has 8 aromatic carbocycles. The molecule has 0 unspecified atom stereocenters. The van der Waals surface area contributed by atoms with Gasteiger partial charge >= 0.3 is 0 Å². The molecule has 0 N–H and O–H groups in total. The predicted molar refractivity (Wildman–Crippen MR) is 314 cm³/mol. The average Bonchev–Trinajstić information content (AvgIpc) is 3.73. The summed E-state index contributed by atoms with van der Waals surface area (Å²) in [6.07, 6.45) is -9.55. The molecule has 2 aliphatic rings. The summed E-state index contributed by atoms with van der Waals surface area (Å²) in [5.41, 5.74) is 18.1. The number of benzene rings is 8. The van der Waals surface area contributed by atoms with Gasteiger partial charge in [-0.05, 0) is 62.2 Å². The Balaban J connectivity index is 1.10. The summed E-state index contributed by atoms with van der Waals surface area (Å²) < 4.78 is 77.1. The molecule has 1 aliphatic carbocycles. The Hall–Kier alpha value is -7.53. The Bertz CT molecular complexity index is 3130. The van der Waals surface area contributed by atoms with Gasteiger partial charge in [-0.3, -0.25) is 0 Å². The van der Waals surface area contributed by atoms with Crippen LogP contribution < -0.4 is 4.74 Å². The first-order valence-electron chi connectivity index (χ1n) is 28.2. The Labute approximate surface area is 486 Å². The van der Waals surface area contributed by atoms with E-state index in [0.717, 1.165) is 44.5 Å². The number of nitrogens with zero attached hydrogens (tertiary/aromatic N) is 3. The molecule has 10 rings (SSSR count). The largest absolute Gasteiger partial charge is 0.497 e. The van der Waals surface area contributed by atoms with Gasteiger partial charge in [0.2, 0.25) is 0 Å². The molecule has 11 atom stereocenters. The Morgan fingerprint density at radius 1 is 0.349 bits per heavy atom. The van der Waals surface area contributed by atoms with Crippen LogP contribution in [-0.2, 0) is 100 Å². The van der Waals surface area contributed by atoms with Crippen molar-refractivity contribution in [3.05, 3.63) is 292 Å². The van der Waals surface area contributed by atoms with Crippen molar-refractivity contribution in [2.45, 2.75) is 120 Å². The molecule has 0 radical (unpaired) electrons. The molecule has 0 spiro atoms. The van der Waals surface area contributed by atoms with Crippen molar-refractivity contribution in [2.75, 3.05) is 13.7 Å². The highest BCUT2D eigenvalue weighted by molar-refractivity contribution is 5.27. The van der Waals surface area contributed by atoms with E-state index in [4.69, 9.17) is 52.1 Å². The zero-order valence-electron chi connectivity index (χ0n) is 46.6. The first kappa shape index (κ1) is 58.7. The van der Waals surface area contributed by atoms with Gasteiger partial charge in [0.25, 0.3) is 0 Å². The Kier molecular flexibility index (Phi) is 22.1. The molecule has 83 heavy (non-hydrogen) atoms. The molecule has 8 aromatic rings. The fraction of sp³-hybridized carbons (Fsp3) is 0.304. The zero-order chi connectivity index (χ0) is 56.7.